The highest BCUT2D eigenvalue weighted by atomic mass is 35.5. The molecular weight excluding hydrogens is 388 g/mol. The second kappa shape index (κ2) is 10.4. The molecule has 29 heavy (non-hydrogen) atoms. The molecule has 0 bridgehead atoms. The number of para-hydroxylation sites is 1. The monoisotopic (exact) mass is 410 g/mol. The van der Waals surface area contributed by atoms with E-state index in [0.29, 0.717) is 18.0 Å². The number of unbranched alkanes of at least 4 members (excludes halogenated alkanes) is 2. The van der Waals surface area contributed by atoms with Crippen molar-refractivity contribution in [2.45, 2.75) is 26.2 Å². The topological polar surface area (TPSA) is 68.5 Å². The minimum Gasteiger partial charge on any atom is -0.494 e. The number of rotatable bonds is 9. The van der Waals surface area contributed by atoms with E-state index in [1.165, 1.54) is 10.9 Å². The summed E-state index contributed by atoms with van der Waals surface area (Å²) in [6, 6.07) is 16.7. The third-order valence-electron chi connectivity index (χ3n) is 4.19. The van der Waals surface area contributed by atoms with Crippen molar-refractivity contribution in [3.05, 3.63) is 81.7 Å². The van der Waals surface area contributed by atoms with Crippen molar-refractivity contribution in [2.75, 3.05) is 12.0 Å². The van der Waals surface area contributed by atoms with Gasteiger partial charge in [0.25, 0.3) is 5.56 Å². The lowest BCUT2D eigenvalue weighted by molar-refractivity contribution is 0.306. The zero-order valence-electron chi connectivity index (χ0n) is 16.2. The van der Waals surface area contributed by atoms with Crippen LogP contribution in [0.25, 0.3) is 5.69 Å². The van der Waals surface area contributed by atoms with Gasteiger partial charge in [-0.15, -0.1) is 0 Å². The van der Waals surface area contributed by atoms with Crippen LogP contribution in [-0.2, 0) is 0 Å². The number of anilines is 1. The summed E-state index contributed by atoms with van der Waals surface area (Å²) in [6.07, 6.45) is 6.47. The van der Waals surface area contributed by atoms with Crippen molar-refractivity contribution in [3.63, 3.8) is 0 Å². The molecule has 0 unspecified atom stereocenters. The van der Waals surface area contributed by atoms with E-state index in [4.69, 9.17) is 16.3 Å². The Morgan fingerprint density at radius 1 is 1.17 bits per heavy atom. The fourth-order valence-electron chi connectivity index (χ4n) is 2.67. The van der Waals surface area contributed by atoms with E-state index in [2.05, 4.69) is 22.5 Å². The molecule has 3 rings (SSSR count). The lowest BCUT2D eigenvalue weighted by atomic mass is 10.2. The maximum absolute atomic E-state index is 12.5. The van der Waals surface area contributed by atoms with Gasteiger partial charge in [0.15, 0.2) is 0 Å². The summed E-state index contributed by atoms with van der Waals surface area (Å²) in [6.45, 7) is 2.86. The fraction of sp³-hybridized carbons (Fsp3) is 0.227. The number of hydrazone groups is 1. The summed E-state index contributed by atoms with van der Waals surface area (Å²) in [4.78, 5) is 12.5. The van der Waals surface area contributed by atoms with Gasteiger partial charge in [-0.1, -0.05) is 61.7 Å². The number of nitrogens with zero attached hydrogens (tertiary/aromatic N) is 3. The number of hydrogen-bond acceptors (Lipinski definition) is 5. The first-order valence-electron chi connectivity index (χ1n) is 9.54. The van der Waals surface area contributed by atoms with Crippen LogP contribution >= 0.6 is 11.6 Å². The third-order valence-corrected chi connectivity index (χ3v) is 4.56. The zero-order valence-corrected chi connectivity index (χ0v) is 17.0. The molecule has 7 heteroatoms. The van der Waals surface area contributed by atoms with Gasteiger partial charge >= 0.3 is 0 Å². The molecule has 1 heterocycles. The highest BCUT2D eigenvalue weighted by Crippen LogP contribution is 2.17. The van der Waals surface area contributed by atoms with Crippen molar-refractivity contribution < 1.29 is 4.74 Å². The van der Waals surface area contributed by atoms with Gasteiger partial charge in [-0.2, -0.15) is 14.9 Å². The van der Waals surface area contributed by atoms with Gasteiger partial charge in [0.2, 0.25) is 0 Å². The van der Waals surface area contributed by atoms with Gasteiger partial charge in [-0.05, 0) is 36.2 Å². The molecule has 0 spiro atoms. The van der Waals surface area contributed by atoms with E-state index in [1.807, 2.05) is 42.5 Å². The van der Waals surface area contributed by atoms with Crippen molar-refractivity contribution in [1.29, 1.82) is 0 Å². The first-order valence-corrected chi connectivity index (χ1v) is 9.92. The van der Waals surface area contributed by atoms with Crippen LogP contribution in [-0.4, -0.2) is 22.6 Å². The SMILES string of the molecule is CCCCCOc1cccc(/C=N/Nc2cnn(-c3ccccc3)c(=O)c2Cl)c1. The van der Waals surface area contributed by atoms with Crippen LogP contribution in [0.5, 0.6) is 5.75 Å². The Balaban J connectivity index is 1.66. The number of nitrogens with one attached hydrogen (secondary N) is 1. The molecule has 6 nitrogen and oxygen atoms in total. The minimum atomic E-state index is -0.416. The van der Waals surface area contributed by atoms with Crippen LogP contribution in [0.2, 0.25) is 5.02 Å². The van der Waals surface area contributed by atoms with Crippen LogP contribution in [0.1, 0.15) is 31.7 Å². The molecule has 0 aliphatic carbocycles. The molecule has 3 aromatic rings. The first-order chi connectivity index (χ1) is 14.2. The second-order valence-corrected chi connectivity index (χ2v) is 6.80. The Morgan fingerprint density at radius 3 is 2.79 bits per heavy atom. The van der Waals surface area contributed by atoms with E-state index in [0.717, 1.165) is 30.6 Å². The standard InChI is InChI=1S/C22H23ClN4O2/c1-2-3-7-13-29-19-12-8-9-17(14-19)15-24-26-20-16-25-27(22(28)21(20)23)18-10-5-4-6-11-18/h4-6,8-12,14-16,26H,2-3,7,13H2,1H3/b24-15+. The largest absolute Gasteiger partial charge is 0.494 e. The lowest BCUT2D eigenvalue weighted by Crippen LogP contribution is -2.22. The first kappa shape index (κ1) is 20.6. The number of aromatic nitrogens is 2. The van der Waals surface area contributed by atoms with E-state index >= 15 is 0 Å². The maximum atomic E-state index is 12.5. The second-order valence-electron chi connectivity index (χ2n) is 6.42. The Morgan fingerprint density at radius 2 is 2.00 bits per heavy atom. The predicted octanol–water partition coefficient (Wildman–Crippen LogP) is 4.90. The van der Waals surface area contributed by atoms with E-state index in [1.54, 1.807) is 18.3 Å². The van der Waals surface area contributed by atoms with Gasteiger partial charge in [0.05, 0.1) is 24.7 Å². The summed E-state index contributed by atoms with van der Waals surface area (Å²) in [7, 11) is 0. The predicted molar refractivity (Wildman–Crippen MR) is 118 cm³/mol. The maximum Gasteiger partial charge on any atom is 0.292 e. The minimum absolute atomic E-state index is 0.0222. The lowest BCUT2D eigenvalue weighted by Gasteiger charge is -2.08. The number of hydrogen-bond donors (Lipinski definition) is 1. The number of halogens is 1. The highest BCUT2D eigenvalue weighted by molar-refractivity contribution is 6.32. The van der Waals surface area contributed by atoms with Crippen LogP contribution < -0.4 is 15.7 Å². The Hall–Kier alpha value is -3.12. The van der Waals surface area contributed by atoms with Crippen LogP contribution in [0.4, 0.5) is 5.69 Å². The van der Waals surface area contributed by atoms with Crippen molar-refractivity contribution in [1.82, 2.24) is 9.78 Å². The van der Waals surface area contributed by atoms with Gasteiger partial charge < -0.3 is 4.74 Å². The molecule has 0 saturated heterocycles. The molecule has 0 fully saturated rings. The van der Waals surface area contributed by atoms with Gasteiger partial charge in [-0.3, -0.25) is 10.2 Å². The normalized spacial score (nSPS) is 11.0. The van der Waals surface area contributed by atoms with Crippen LogP contribution in [0.3, 0.4) is 0 Å². The summed E-state index contributed by atoms with van der Waals surface area (Å²) in [5.41, 5.74) is 4.22. The Labute approximate surface area is 174 Å². The molecule has 1 N–H and O–H groups in total. The fourth-order valence-corrected chi connectivity index (χ4v) is 2.84. The summed E-state index contributed by atoms with van der Waals surface area (Å²) in [5.74, 6) is 0.801. The summed E-state index contributed by atoms with van der Waals surface area (Å²) >= 11 is 6.21. The summed E-state index contributed by atoms with van der Waals surface area (Å²) < 4.78 is 6.99. The van der Waals surface area contributed by atoms with Crippen molar-refractivity contribution >= 4 is 23.5 Å². The van der Waals surface area contributed by atoms with E-state index in [9.17, 15) is 4.79 Å². The molecule has 0 radical (unpaired) electrons. The Bertz CT molecular complexity index is 1020. The quantitative estimate of drug-likeness (QED) is 0.309. The van der Waals surface area contributed by atoms with Crippen LogP contribution in [0, 0.1) is 0 Å². The molecule has 1 aromatic heterocycles. The molecule has 0 atom stereocenters. The molecule has 0 aliphatic rings. The van der Waals surface area contributed by atoms with Gasteiger partial charge in [0, 0.05) is 0 Å². The zero-order chi connectivity index (χ0) is 20.5. The van der Waals surface area contributed by atoms with Crippen LogP contribution in [0.15, 0.2) is 70.7 Å². The van der Waals surface area contributed by atoms with E-state index in [-0.39, 0.29) is 5.02 Å². The van der Waals surface area contributed by atoms with Crippen molar-refractivity contribution in [3.8, 4) is 11.4 Å². The molecule has 150 valence electrons. The third kappa shape index (κ3) is 5.68. The Kier molecular flexibility index (Phi) is 7.41. The highest BCUT2D eigenvalue weighted by Gasteiger charge is 2.09. The number of ether oxygens (including phenoxy) is 1. The average molecular weight is 411 g/mol. The molecule has 2 aromatic carbocycles. The molecule has 0 amide bonds. The molecule has 0 aliphatic heterocycles. The molecular formula is C22H23ClN4O2. The molecule has 0 saturated carbocycles. The van der Waals surface area contributed by atoms with Gasteiger partial charge in [-0.25, -0.2) is 0 Å². The average Bonchev–Trinajstić information content (AvgIpc) is 2.75. The van der Waals surface area contributed by atoms with Gasteiger partial charge in [0.1, 0.15) is 16.5 Å². The van der Waals surface area contributed by atoms with E-state index < -0.39 is 5.56 Å². The summed E-state index contributed by atoms with van der Waals surface area (Å²) in [5, 5.41) is 8.35. The van der Waals surface area contributed by atoms with Crippen molar-refractivity contribution in [2.24, 2.45) is 5.10 Å². The smallest absolute Gasteiger partial charge is 0.292 e. The number of benzene rings is 2.